The summed E-state index contributed by atoms with van der Waals surface area (Å²) in [5, 5.41) is 1.79. The number of rotatable bonds is 1. The third-order valence-electron chi connectivity index (χ3n) is 3.27. The minimum atomic E-state index is 0.0199. The SMILES string of the molecule is CC(C)c1ccc2nc(Cl)c(C(C)(C)C)cc2c1. The highest BCUT2D eigenvalue weighted by atomic mass is 35.5. The Morgan fingerprint density at radius 3 is 2.33 bits per heavy atom. The summed E-state index contributed by atoms with van der Waals surface area (Å²) in [5.74, 6) is 0.531. The molecule has 0 fully saturated rings. The molecular weight excluding hydrogens is 242 g/mol. The van der Waals surface area contributed by atoms with Crippen molar-refractivity contribution in [2.45, 2.75) is 46.0 Å². The van der Waals surface area contributed by atoms with E-state index in [1.807, 2.05) is 0 Å². The fourth-order valence-corrected chi connectivity index (χ4v) is 2.49. The summed E-state index contributed by atoms with van der Waals surface area (Å²) in [7, 11) is 0. The van der Waals surface area contributed by atoms with Crippen molar-refractivity contribution < 1.29 is 0 Å². The maximum atomic E-state index is 6.28. The second-order valence-electron chi connectivity index (χ2n) is 6.18. The molecule has 0 unspecified atom stereocenters. The van der Waals surface area contributed by atoms with E-state index in [1.165, 1.54) is 10.9 Å². The molecule has 0 saturated carbocycles. The van der Waals surface area contributed by atoms with Crippen LogP contribution in [-0.4, -0.2) is 4.98 Å². The lowest BCUT2D eigenvalue weighted by molar-refractivity contribution is 0.589. The lowest BCUT2D eigenvalue weighted by atomic mass is 9.87. The first-order valence-electron chi connectivity index (χ1n) is 6.39. The molecule has 0 amide bonds. The number of halogens is 1. The average Bonchev–Trinajstić information content (AvgIpc) is 2.25. The second-order valence-corrected chi connectivity index (χ2v) is 6.54. The van der Waals surface area contributed by atoms with Gasteiger partial charge in [0.1, 0.15) is 5.15 Å². The Balaban J connectivity index is 2.67. The molecule has 1 aromatic heterocycles. The van der Waals surface area contributed by atoms with Gasteiger partial charge < -0.3 is 0 Å². The molecule has 1 heterocycles. The Morgan fingerprint density at radius 1 is 1.11 bits per heavy atom. The van der Waals surface area contributed by atoms with Crippen LogP contribution in [0.25, 0.3) is 10.9 Å². The molecule has 0 N–H and O–H groups in total. The summed E-state index contributed by atoms with van der Waals surface area (Å²) in [6.45, 7) is 10.9. The van der Waals surface area contributed by atoms with Crippen molar-refractivity contribution in [3.05, 3.63) is 40.5 Å². The fourth-order valence-electron chi connectivity index (χ4n) is 2.06. The number of pyridine rings is 1. The molecule has 0 aliphatic heterocycles. The zero-order chi connectivity index (χ0) is 13.5. The first-order valence-corrected chi connectivity index (χ1v) is 6.77. The Bertz CT molecular complexity index is 579. The van der Waals surface area contributed by atoms with Gasteiger partial charge >= 0.3 is 0 Å². The number of hydrogen-bond acceptors (Lipinski definition) is 1. The molecule has 0 saturated heterocycles. The summed E-state index contributed by atoms with van der Waals surface area (Å²) in [6, 6.07) is 8.59. The lowest BCUT2D eigenvalue weighted by Gasteiger charge is -2.20. The zero-order valence-corrected chi connectivity index (χ0v) is 12.5. The minimum absolute atomic E-state index is 0.0199. The van der Waals surface area contributed by atoms with E-state index in [-0.39, 0.29) is 5.41 Å². The van der Waals surface area contributed by atoms with Gasteiger partial charge in [0.05, 0.1) is 5.52 Å². The van der Waals surface area contributed by atoms with E-state index in [4.69, 9.17) is 11.6 Å². The van der Waals surface area contributed by atoms with E-state index < -0.39 is 0 Å². The molecule has 0 atom stereocenters. The van der Waals surface area contributed by atoms with Gasteiger partial charge in [0, 0.05) is 5.39 Å². The van der Waals surface area contributed by atoms with E-state index in [9.17, 15) is 0 Å². The maximum Gasteiger partial charge on any atom is 0.133 e. The van der Waals surface area contributed by atoms with Crippen molar-refractivity contribution in [1.29, 1.82) is 0 Å². The molecule has 96 valence electrons. The fraction of sp³-hybridized carbons (Fsp3) is 0.438. The van der Waals surface area contributed by atoms with Gasteiger partial charge in [-0.3, -0.25) is 0 Å². The van der Waals surface area contributed by atoms with Crippen LogP contribution in [0.4, 0.5) is 0 Å². The smallest absolute Gasteiger partial charge is 0.133 e. The van der Waals surface area contributed by atoms with Crippen LogP contribution in [-0.2, 0) is 5.41 Å². The number of hydrogen-bond donors (Lipinski definition) is 0. The van der Waals surface area contributed by atoms with Crippen molar-refractivity contribution in [1.82, 2.24) is 4.98 Å². The molecule has 1 nitrogen and oxygen atoms in total. The molecule has 2 heteroatoms. The summed E-state index contributed by atoms with van der Waals surface area (Å²) in [6.07, 6.45) is 0. The molecular formula is C16H20ClN. The van der Waals surface area contributed by atoms with Gasteiger partial charge in [0.25, 0.3) is 0 Å². The Morgan fingerprint density at radius 2 is 1.78 bits per heavy atom. The van der Waals surface area contributed by atoms with Gasteiger partial charge in [-0.2, -0.15) is 0 Å². The van der Waals surface area contributed by atoms with E-state index in [0.29, 0.717) is 11.1 Å². The van der Waals surface area contributed by atoms with Crippen LogP contribution in [0.15, 0.2) is 24.3 Å². The molecule has 0 radical (unpaired) electrons. The van der Waals surface area contributed by atoms with Crippen LogP contribution in [0.2, 0.25) is 5.15 Å². The van der Waals surface area contributed by atoms with Gasteiger partial charge in [-0.05, 0) is 40.7 Å². The summed E-state index contributed by atoms with van der Waals surface area (Å²) >= 11 is 6.28. The summed E-state index contributed by atoms with van der Waals surface area (Å²) in [4.78, 5) is 4.51. The zero-order valence-electron chi connectivity index (χ0n) is 11.7. The van der Waals surface area contributed by atoms with Crippen LogP contribution < -0.4 is 0 Å². The van der Waals surface area contributed by atoms with E-state index in [2.05, 4.69) is 63.9 Å². The first kappa shape index (κ1) is 13.4. The Hall–Kier alpha value is -1.08. The largest absolute Gasteiger partial charge is 0.236 e. The number of fused-ring (bicyclic) bond motifs is 1. The van der Waals surface area contributed by atoms with E-state index in [1.54, 1.807) is 0 Å². The van der Waals surface area contributed by atoms with E-state index in [0.717, 1.165) is 11.1 Å². The molecule has 18 heavy (non-hydrogen) atoms. The Labute approximate surface area is 114 Å². The molecule has 0 aliphatic carbocycles. The topological polar surface area (TPSA) is 12.9 Å². The normalized spacial score (nSPS) is 12.4. The first-order chi connectivity index (χ1) is 8.29. The van der Waals surface area contributed by atoms with Crippen LogP contribution in [0, 0.1) is 0 Å². The molecule has 2 rings (SSSR count). The molecule has 0 aliphatic rings. The summed E-state index contributed by atoms with van der Waals surface area (Å²) in [5.41, 5.74) is 3.44. The van der Waals surface area contributed by atoms with Crippen LogP contribution in [0.5, 0.6) is 0 Å². The van der Waals surface area contributed by atoms with Crippen molar-refractivity contribution >= 4 is 22.5 Å². The monoisotopic (exact) mass is 261 g/mol. The highest BCUT2D eigenvalue weighted by molar-refractivity contribution is 6.30. The highest BCUT2D eigenvalue weighted by Crippen LogP contribution is 2.31. The molecule has 0 spiro atoms. The molecule has 2 aromatic rings. The Kier molecular flexibility index (Phi) is 3.37. The van der Waals surface area contributed by atoms with Gasteiger partial charge in [-0.25, -0.2) is 4.98 Å². The van der Waals surface area contributed by atoms with Crippen molar-refractivity contribution in [3.8, 4) is 0 Å². The predicted octanol–water partition coefficient (Wildman–Crippen LogP) is 5.31. The lowest BCUT2D eigenvalue weighted by Crippen LogP contribution is -2.12. The third kappa shape index (κ3) is 2.51. The third-order valence-corrected chi connectivity index (χ3v) is 3.56. The van der Waals surface area contributed by atoms with Gasteiger partial charge in [0.15, 0.2) is 0 Å². The molecule has 0 bridgehead atoms. The number of nitrogens with zero attached hydrogens (tertiary/aromatic N) is 1. The van der Waals surface area contributed by atoms with E-state index >= 15 is 0 Å². The molecule has 1 aromatic carbocycles. The van der Waals surface area contributed by atoms with Gasteiger partial charge in [-0.1, -0.05) is 52.3 Å². The standard InChI is InChI=1S/C16H20ClN/c1-10(2)11-6-7-14-12(8-11)9-13(15(17)18-14)16(3,4)5/h6-10H,1-5H3. The average molecular weight is 262 g/mol. The van der Waals surface area contributed by atoms with Crippen LogP contribution in [0.1, 0.15) is 51.7 Å². The number of aromatic nitrogens is 1. The predicted molar refractivity (Wildman–Crippen MR) is 79.5 cm³/mol. The van der Waals surface area contributed by atoms with Gasteiger partial charge in [-0.15, -0.1) is 0 Å². The van der Waals surface area contributed by atoms with Crippen molar-refractivity contribution in [3.63, 3.8) is 0 Å². The number of benzene rings is 1. The quantitative estimate of drug-likeness (QED) is 0.634. The summed E-state index contributed by atoms with van der Waals surface area (Å²) < 4.78 is 0. The van der Waals surface area contributed by atoms with Crippen molar-refractivity contribution in [2.75, 3.05) is 0 Å². The second kappa shape index (κ2) is 4.55. The van der Waals surface area contributed by atoms with Crippen LogP contribution >= 0.6 is 11.6 Å². The minimum Gasteiger partial charge on any atom is -0.236 e. The van der Waals surface area contributed by atoms with Crippen molar-refractivity contribution in [2.24, 2.45) is 0 Å². The highest BCUT2D eigenvalue weighted by Gasteiger charge is 2.19. The van der Waals surface area contributed by atoms with Gasteiger partial charge in [0.2, 0.25) is 0 Å². The van der Waals surface area contributed by atoms with Crippen LogP contribution in [0.3, 0.4) is 0 Å². The maximum absolute atomic E-state index is 6.28.